The number of anilines is 1. The fraction of sp³-hybridized carbons (Fsp3) is 0.545. The number of pyridine rings is 1. The second-order valence-corrected chi connectivity index (χ2v) is 5.65. The molecule has 5 heteroatoms. The third-order valence-electron chi connectivity index (χ3n) is 2.52. The van der Waals surface area contributed by atoms with Crippen molar-refractivity contribution in [3.05, 3.63) is 23.4 Å². The number of alkyl halides is 1. The zero-order valence-corrected chi connectivity index (χ0v) is 12.1. The number of rotatable bonds is 5. The van der Waals surface area contributed by atoms with Crippen LogP contribution in [0.2, 0.25) is 5.02 Å². The molecule has 1 unspecified atom stereocenters. The zero-order chi connectivity index (χ0) is 12.1. The molecule has 0 aromatic carbocycles. The molecule has 2 atom stereocenters. The highest BCUT2D eigenvalue weighted by Crippen LogP contribution is 2.23. The summed E-state index contributed by atoms with van der Waals surface area (Å²) in [5.74, 6) is 1.26. The Balaban J connectivity index is 2.79. The summed E-state index contributed by atoms with van der Waals surface area (Å²) in [6.07, 6.45) is 1.74. The molecule has 90 valence electrons. The molecular weight excluding hydrogens is 289 g/mol. The maximum absolute atomic E-state index is 6.10. The van der Waals surface area contributed by atoms with Gasteiger partial charge < -0.3 is 0 Å². The number of nitrogens with zero attached hydrogens (tertiary/aromatic N) is 2. The molecule has 16 heavy (non-hydrogen) atoms. The fourth-order valence-electron chi connectivity index (χ4n) is 1.29. The second kappa shape index (κ2) is 6.42. The molecule has 0 aliphatic carbocycles. The standard InChI is InChI=1S/C11H17BrClN3/c1-8(9(2)12)7-16(14-3)11-10(13)5-4-6-15-11/h4-6,8-9,14H,7H2,1-3H3/t8?,9-/m0/s1. The monoisotopic (exact) mass is 305 g/mol. The summed E-state index contributed by atoms with van der Waals surface area (Å²) >= 11 is 9.69. The Morgan fingerprint density at radius 2 is 2.25 bits per heavy atom. The molecule has 1 aromatic heterocycles. The second-order valence-electron chi connectivity index (χ2n) is 3.80. The molecule has 1 heterocycles. The summed E-state index contributed by atoms with van der Waals surface area (Å²) < 4.78 is 0. The lowest BCUT2D eigenvalue weighted by Crippen LogP contribution is -2.40. The molecule has 0 amide bonds. The highest BCUT2D eigenvalue weighted by atomic mass is 79.9. The molecule has 0 saturated heterocycles. The van der Waals surface area contributed by atoms with Crippen LogP contribution in [0.3, 0.4) is 0 Å². The van der Waals surface area contributed by atoms with Gasteiger partial charge in [-0.15, -0.1) is 0 Å². The number of hydrogen-bond acceptors (Lipinski definition) is 3. The summed E-state index contributed by atoms with van der Waals surface area (Å²) in [5, 5.41) is 2.62. The summed E-state index contributed by atoms with van der Waals surface area (Å²) in [5.41, 5.74) is 3.11. The third kappa shape index (κ3) is 3.61. The predicted molar refractivity (Wildman–Crippen MR) is 73.2 cm³/mol. The molecule has 0 saturated carbocycles. The lowest BCUT2D eigenvalue weighted by Gasteiger charge is -2.27. The van der Waals surface area contributed by atoms with E-state index in [1.165, 1.54) is 0 Å². The van der Waals surface area contributed by atoms with Gasteiger partial charge in [-0.25, -0.2) is 10.4 Å². The van der Waals surface area contributed by atoms with E-state index in [1.54, 1.807) is 6.20 Å². The van der Waals surface area contributed by atoms with Gasteiger partial charge in [-0.2, -0.15) is 0 Å². The van der Waals surface area contributed by atoms with Gasteiger partial charge >= 0.3 is 0 Å². The zero-order valence-electron chi connectivity index (χ0n) is 9.74. The van der Waals surface area contributed by atoms with Crippen molar-refractivity contribution >= 4 is 33.3 Å². The highest BCUT2D eigenvalue weighted by Gasteiger charge is 2.16. The third-order valence-corrected chi connectivity index (χ3v) is 3.72. The van der Waals surface area contributed by atoms with E-state index in [-0.39, 0.29) is 0 Å². The number of hydrogen-bond donors (Lipinski definition) is 1. The van der Waals surface area contributed by atoms with Gasteiger partial charge in [-0.1, -0.05) is 41.4 Å². The Morgan fingerprint density at radius 1 is 1.56 bits per heavy atom. The SMILES string of the molecule is CNN(CC(C)[C@H](C)Br)c1ncccc1Cl. The van der Waals surface area contributed by atoms with Crippen LogP contribution >= 0.6 is 27.5 Å². The van der Waals surface area contributed by atoms with Crippen molar-refractivity contribution in [3.8, 4) is 0 Å². The van der Waals surface area contributed by atoms with E-state index < -0.39 is 0 Å². The van der Waals surface area contributed by atoms with Crippen molar-refractivity contribution in [2.24, 2.45) is 5.92 Å². The van der Waals surface area contributed by atoms with Crippen LogP contribution in [0.15, 0.2) is 18.3 Å². The lowest BCUT2D eigenvalue weighted by atomic mass is 10.1. The van der Waals surface area contributed by atoms with Crippen LogP contribution in [0, 0.1) is 5.92 Å². The van der Waals surface area contributed by atoms with E-state index in [0.29, 0.717) is 15.8 Å². The lowest BCUT2D eigenvalue weighted by molar-refractivity contribution is 0.530. The quantitative estimate of drug-likeness (QED) is 0.669. The highest BCUT2D eigenvalue weighted by molar-refractivity contribution is 9.09. The summed E-state index contributed by atoms with van der Waals surface area (Å²) in [6, 6.07) is 3.67. The average Bonchev–Trinajstić information content (AvgIpc) is 2.26. The van der Waals surface area contributed by atoms with Crippen LogP contribution in [-0.4, -0.2) is 23.4 Å². The summed E-state index contributed by atoms with van der Waals surface area (Å²) in [6.45, 7) is 5.17. The Labute approximate surface area is 110 Å². The fourth-order valence-corrected chi connectivity index (χ4v) is 1.68. The Morgan fingerprint density at radius 3 is 2.75 bits per heavy atom. The first-order valence-corrected chi connectivity index (χ1v) is 6.55. The van der Waals surface area contributed by atoms with E-state index >= 15 is 0 Å². The normalized spacial score (nSPS) is 14.6. The molecular formula is C11H17BrClN3. The molecule has 0 radical (unpaired) electrons. The van der Waals surface area contributed by atoms with Crippen molar-refractivity contribution in [1.82, 2.24) is 10.4 Å². The van der Waals surface area contributed by atoms with E-state index in [2.05, 4.69) is 40.2 Å². The molecule has 0 aliphatic rings. The Bertz CT molecular complexity index is 333. The topological polar surface area (TPSA) is 28.2 Å². The van der Waals surface area contributed by atoms with Gasteiger partial charge in [0.25, 0.3) is 0 Å². The average molecular weight is 307 g/mol. The van der Waals surface area contributed by atoms with E-state index in [0.717, 1.165) is 12.4 Å². The number of hydrazine groups is 1. The maximum atomic E-state index is 6.10. The molecule has 1 aromatic rings. The predicted octanol–water partition coefficient (Wildman–Crippen LogP) is 3.10. The van der Waals surface area contributed by atoms with Crippen molar-refractivity contribution in [2.45, 2.75) is 18.7 Å². The van der Waals surface area contributed by atoms with Gasteiger partial charge in [0.2, 0.25) is 0 Å². The molecule has 0 fully saturated rings. The van der Waals surface area contributed by atoms with Gasteiger partial charge in [-0.05, 0) is 18.1 Å². The van der Waals surface area contributed by atoms with Gasteiger partial charge in [0.05, 0.1) is 5.02 Å². The summed E-state index contributed by atoms with van der Waals surface area (Å²) in [7, 11) is 1.87. The number of nitrogens with one attached hydrogen (secondary N) is 1. The van der Waals surface area contributed by atoms with Gasteiger partial charge in [0.1, 0.15) is 0 Å². The molecule has 3 nitrogen and oxygen atoms in total. The molecule has 1 rings (SSSR count). The first-order valence-electron chi connectivity index (χ1n) is 5.25. The van der Waals surface area contributed by atoms with Crippen LogP contribution in [0.1, 0.15) is 13.8 Å². The van der Waals surface area contributed by atoms with E-state index in [1.807, 2.05) is 24.2 Å². The van der Waals surface area contributed by atoms with Crippen molar-refractivity contribution in [2.75, 3.05) is 18.6 Å². The van der Waals surface area contributed by atoms with Crippen LogP contribution in [0.5, 0.6) is 0 Å². The van der Waals surface area contributed by atoms with Crippen molar-refractivity contribution in [1.29, 1.82) is 0 Å². The van der Waals surface area contributed by atoms with Crippen LogP contribution in [0.25, 0.3) is 0 Å². The van der Waals surface area contributed by atoms with E-state index in [4.69, 9.17) is 11.6 Å². The molecule has 0 spiro atoms. The first-order chi connectivity index (χ1) is 7.56. The van der Waals surface area contributed by atoms with Crippen LogP contribution in [-0.2, 0) is 0 Å². The van der Waals surface area contributed by atoms with Gasteiger partial charge in [0.15, 0.2) is 5.82 Å². The van der Waals surface area contributed by atoms with Gasteiger partial charge in [-0.3, -0.25) is 5.01 Å². The van der Waals surface area contributed by atoms with Gasteiger partial charge in [0, 0.05) is 24.6 Å². The Hall–Kier alpha value is -0.320. The largest absolute Gasteiger partial charge is 0.291 e. The van der Waals surface area contributed by atoms with E-state index in [9.17, 15) is 0 Å². The molecule has 1 N–H and O–H groups in total. The number of aromatic nitrogens is 1. The minimum Gasteiger partial charge on any atom is -0.291 e. The van der Waals surface area contributed by atoms with Crippen molar-refractivity contribution < 1.29 is 0 Å². The molecule has 0 aliphatic heterocycles. The van der Waals surface area contributed by atoms with Crippen LogP contribution in [0.4, 0.5) is 5.82 Å². The van der Waals surface area contributed by atoms with Crippen molar-refractivity contribution in [3.63, 3.8) is 0 Å². The van der Waals surface area contributed by atoms with Crippen LogP contribution < -0.4 is 10.4 Å². The smallest absolute Gasteiger partial charge is 0.161 e. The minimum absolute atomic E-state index is 0.450. The summed E-state index contributed by atoms with van der Waals surface area (Å²) in [4.78, 5) is 4.73. The number of halogens is 2. The first kappa shape index (κ1) is 13.7. The maximum Gasteiger partial charge on any atom is 0.161 e. The Kier molecular flexibility index (Phi) is 5.52. The minimum atomic E-state index is 0.450. The molecule has 0 bridgehead atoms.